The van der Waals surface area contributed by atoms with Crippen LogP contribution in [-0.4, -0.2) is 56.5 Å². The average molecular weight is 421 g/mol. The van der Waals surface area contributed by atoms with Crippen molar-refractivity contribution in [3.05, 3.63) is 59.1 Å². The third kappa shape index (κ3) is 3.74. The number of rotatable bonds is 4. The highest BCUT2D eigenvalue weighted by atomic mass is 35.5. The fourth-order valence-electron chi connectivity index (χ4n) is 4.06. The van der Waals surface area contributed by atoms with E-state index in [2.05, 4.69) is 0 Å². The van der Waals surface area contributed by atoms with Crippen molar-refractivity contribution in [1.29, 1.82) is 0 Å². The van der Waals surface area contributed by atoms with E-state index >= 15 is 0 Å². The van der Waals surface area contributed by atoms with Crippen molar-refractivity contribution in [3.63, 3.8) is 0 Å². The molecule has 2 aliphatic heterocycles. The van der Waals surface area contributed by atoms with Crippen molar-refractivity contribution in [3.8, 4) is 5.75 Å². The maximum absolute atomic E-state index is 13.0. The summed E-state index contributed by atoms with van der Waals surface area (Å²) in [5.74, 6) is 0.661. The molecule has 28 heavy (non-hydrogen) atoms. The number of anilines is 1. The molecule has 2 heterocycles. The van der Waals surface area contributed by atoms with Crippen LogP contribution in [0, 0.1) is 0 Å². The maximum atomic E-state index is 13.0. The molecule has 0 unspecified atom stereocenters. The van der Waals surface area contributed by atoms with Gasteiger partial charge in [-0.25, -0.2) is 8.42 Å². The molecule has 0 aromatic heterocycles. The minimum Gasteiger partial charge on any atom is -0.497 e. The summed E-state index contributed by atoms with van der Waals surface area (Å²) in [6, 6.07) is 13.9. The van der Waals surface area contributed by atoms with Crippen LogP contribution < -0.4 is 9.64 Å². The lowest BCUT2D eigenvalue weighted by molar-refractivity contribution is -0.123. The number of amides is 1. The van der Waals surface area contributed by atoms with E-state index in [0.717, 1.165) is 11.3 Å². The third-order valence-corrected chi connectivity index (χ3v) is 7.27. The lowest BCUT2D eigenvalue weighted by Gasteiger charge is -2.43. The Balaban J connectivity index is 1.64. The molecule has 2 saturated heterocycles. The monoisotopic (exact) mass is 420 g/mol. The normalized spacial score (nSPS) is 24.2. The van der Waals surface area contributed by atoms with Gasteiger partial charge in [-0.1, -0.05) is 29.8 Å². The summed E-state index contributed by atoms with van der Waals surface area (Å²) in [6.45, 7) is 0.672. The van der Waals surface area contributed by atoms with E-state index in [-0.39, 0.29) is 30.0 Å². The maximum Gasteiger partial charge on any atom is 0.241 e. The first kappa shape index (κ1) is 19.2. The smallest absolute Gasteiger partial charge is 0.241 e. The molecule has 4 rings (SSSR count). The standard InChI is InChI=1S/C20H21ClN2O4S/c1-27-17-7-5-14(6-8-17)10-22-11-20(24)23(16-4-2-3-15(21)9-16)19-13-28(25,26)12-18(19)22/h2-9,18-19H,10-13H2,1H3/t18-,19+/m1/s1. The third-order valence-electron chi connectivity index (χ3n) is 5.33. The molecule has 0 saturated carbocycles. The highest BCUT2D eigenvalue weighted by Gasteiger charge is 2.49. The number of carbonyl (C=O) groups is 1. The summed E-state index contributed by atoms with van der Waals surface area (Å²) in [6.07, 6.45) is 0. The Hall–Kier alpha value is -2.09. The van der Waals surface area contributed by atoms with Crippen molar-refractivity contribution in [2.75, 3.05) is 30.1 Å². The molecular formula is C20H21ClN2O4S. The van der Waals surface area contributed by atoms with Gasteiger partial charge in [0.15, 0.2) is 9.84 Å². The van der Waals surface area contributed by atoms with E-state index in [9.17, 15) is 13.2 Å². The van der Waals surface area contributed by atoms with Crippen LogP contribution in [0.25, 0.3) is 0 Å². The van der Waals surface area contributed by atoms with Gasteiger partial charge >= 0.3 is 0 Å². The van der Waals surface area contributed by atoms with Gasteiger partial charge < -0.3 is 9.64 Å². The Labute approximate surface area is 169 Å². The van der Waals surface area contributed by atoms with E-state index in [0.29, 0.717) is 17.3 Å². The van der Waals surface area contributed by atoms with Crippen molar-refractivity contribution >= 4 is 33.0 Å². The fourth-order valence-corrected chi connectivity index (χ4v) is 6.22. The van der Waals surface area contributed by atoms with Gasteiger partial charge in [-0.2, -0.15) is 0 Å². The predicted molar refractivity (Wildman–Crippen MR) is 109 cm³/mol. The summed E-state index contributed by atoms with van der Waals surface area (Å²) in [5.41, 5.74) is 1.65. The largest absolute Gasteiger partial charge is 0.497 e. The van der Waals surface area contributed by atoms with E-state index in [1.54, 1.807) is 36.3 Å². The molecular weight excluding hydrogens is 400 g/mol. The van der Waals surface area contributed by atoms with Gasteiger partial charge in [-0.3, -0.25) is 9.69 Å². The van der Waals surface area contributed by atoms with Gasteiger partial charge in [-0.15, -0.1) is 0 Å². The Kier molecular flexibility index (Phi) is 5.07. The number of piperazine rings is 1. The Morgan fingerprint density at radius 3 is 2.50 bits per heavy atom. The van der Waals surface area contributed by atoms with Crippen LogP contribution in [0.1, 0.15) is 5.56 Å². The number of methoxy groups -OCH3 is 1. The van der Waals surface area contributed by atoms with Gasteiger partial charge in [-0.05, 0) is 35.9 Å². The summed E-state index contributed by atoms with van der Waals surface area (Å²) >= 11 is 6.09. The first-order chi connectivity index (χ1) is 13.4. The SMILES string of the molecule is COc1ccc(CN2CC(=O)N(c3cccc(Cl)c3)[C@H]3CS(=O)(=O)C[C@H]32)cc1. The van der Waals surface area contributed by atoms with Crippen LogP contribution in [-0.2, 0) is 21.2 Å². The molecule has 148 valence electrons. The first-order valence-electron chi connectivity index (χ1n) is 9.01. The molecule has 0 aliphatic carbocycles. The second-order valence-electron chi connectivity index (χ2n) is 7.21. The number of hydrogen-bond donors (Lipinski definition) is 0. The average Bonchev–Trinajstić information content (AvgIpc) is 2.97. The zero-order valence-corrected chi connectivity index (χ0v) is 17.0. The molecule has 0 N–H and O–H groups in total. The summed E-state index contributed by atoms with van der Waals surface area (Å²) in [7, 11) is -1.62. The Morgan fingerprint density at radius 2 is 1.82 bits per heavy atom. The summed E-state index contributed by atoms with van der Waals surface area (Å²) in [4.78, 5) is 16.6. The van der Waals surface area contributed by atoms with E-state index < -0.39 is 15.9 Å². The Morgan fingerprint density at radius 1 is 1.11 bits per heavy atom. The molecule has 0 spiro atoms. The molecule has 2 aromatic carbocycles. The van der Waals surface area contributed by atoms with Crippen molar-refractivity contribution in [2.45, 2.75) is 18.6 Å². The number of sulfone groups is 1. The molecule has 1 amide bonds. The minimum absolute atomic E-state index is 0.0327. The first-order valence-corrected chi connectivity index (χ1v) is 11.2. The lowest BCUT2D eigenvalue weighted by atomic mass is 10.0. The molecule has 2 aromatic rings. The van der Waals surface area contributed by atoms with Crippen molar-refractivity contribution in [1.82, 2.24) is 4.90 Å². The van der Waals surface area contributed by atoms with Crippen LogP contribution in [0.15, 0.2) is 48.5 Å². The number of ether oxygens (including phenoxy) is 1. The molecule has 2 atom stereocenters. The second-order valence-corrected chi connectivity index (χ2v) is 9.80. The molecule has 2 fully saturated rings. The number of nitrogens with zero attached hydrogens (tertiary/aromatic N) is 2. The minimum atomic E-state index is -3.23. The van der Waals surface area contributed by atoms with Crippen molar-refractivity contribution in [2.24, 2.45) is 0 Å². The second kappa shape index (κ2) is 7.39. The highest BCUT2D eigenvalue weighted by Crippen LogP contribution is 2.33. The zero-order chi connectivity index (χ0) is 19.9. The molecule has 6 nitrogen and oxygen atoms in total. The zero-order valence-electron chi connectivity index (χ0n) is 15.4. The number of halogens is 1. The number of benzene rings is 2. The fraction of sp³-hybridized carbons (Fsp3) is 0.350. The van der Waals surface area contributed by atoms with E-state index in [1.165, 1.54) is 0 Å². The van der Waals surface area contributed by atoms with Crippen LogP contribution in [0.3, 0.4) is 0 Å². The number of fused-ring (bicyclic) bond motifs is 1. The highest BCUT2D eigenvalue weighted by molar-refractivity contribution is 7.91. The van der Waals surface area contributed by atoms with Gasteiger partial charge in [0.05, 0.1) is 31.2 Å². The van der Waals surface area contributed by atoms with Crippen LogP contribution >= 0.6 is 11.6 Å². The van der Waals surface area contributed by atoms with Gasteiger partial charge in [0.2, 0.25) is 5.91 Å². The Bertz CT molecular complexity index is 994. The topological polar surface area (TPSA) is 66.9 Å². The van der Waals surface area contributed by atoms with E-state index in [4.69, 9.17) is 16.3 Å². The van der Waals surface area contributed by atoms with Crippen LogP contribution in [0.5, 0.6) is 5.75 Å². The van der Waals surface area contributed by atoms with Gasteiger partial charge in [0.1, 0.15) is 5.75 Å². The number of carbonyl (C=O) groups excluding carboxylic acids is 1. The van der Waals surface area contributed by atoms with Crippen LogP contribution in [0.2, 0.25) is 5.02 Å². The number of hydrogen-bond acceptors (Lipinski definition) is 5. The predicted octanol–water partition coefficient (Wildman–Crippen LogP) is 2.36. The summed E-state index contributed by atoms with van der Waals surface area (Å²) < 4.78 is 30.0. The molecule has 0 bridgehead atoms. The van der Waals surface area contributed by atoms with E-state index in [1.807, 2.05) is 29.2 Å². The lowest BCUT2D eigenvalue weighted by Crippen LogP contribution is -2.61. The molecule has 0 radical (unpaired) electrons. The van der Waals surface area contributed by atoms with Crippen molar-refractivity contribution < 1.29 is 17.9 Å². The van der Waals surface area contributed by atoms with Crippen LogP contribution in [0.4, 0.5) is 5.69 Å². The molecule has 2 aliphatic rings. The van der Waals surface area contributed by atoms with Gasteiger partial charge in [0.25, 0.3) is 0 Å². The quantitative estimate of drug-likeness (QED) is 0.759. The summed E-state index contributed by atoms with van der Waals surface area (Å²) in [5, 5.41) is 0.517. The van der Waals surface area contributed by atoms with Gasteiger partial charge in [0, 0.05) is 23.3 Å². The molecule has 8 heteroatoms.